The van der Waals surface area contributed by atoms with Gasteiger partial charge in [-0.1, -0.05) is 0 Å². The Morgan fingerprint density at radius 1 is 0.900 bits per heavy atom. The van der Waals surface area contributed by atoms with E-state index in [1.54, 1.807) is 0 Å². The van der Waals surface area contributed by atoms with Crippen LogP contribution in [0, 0.1) is 0 Å². The van der Waals surface area contributed by atoms with Crippen molar-refractivity contribution >= 4 is 21.6 Å². The standard InChI is InChI=1S/C3H8O10P2.5Na/c4-3(5)2(13-15(9,10)11)1-12-14(6,7)8;;;;;/h2H,1H2,(H,4,5)(H2,6,7,8)(H2,9,10,11);;;;;/q;5*+1/p-5. The van der Waals surface area contributed by atoms with Crippen LogP contribution in [0.15, 0.2) is 0 Å². The minimum atomic E-state index is -5.65. The average molecular weight is 376 g/mol. The molecular formula is C3H3Na5O10P2. The fourth-order valence-electron chi connectivity index (χ4n) is 0.456. The summed E-state index contributed by atoms with van der Waals surface area (Å²) in [6, 6.07) is 0. The Morgan fingerprint density at radius 3 is 1.45 bits per heavy atom. The Balaban J connectivity index is -0.0000000980. The van der Waals surface area contributed by atoms with Crippen LogP contribution in [0.3, 0.4) is 0 Å². The van der Waals surface area contributed by atoms with Crippen LogP contribution in [0.2, 0.25) is 0 Å². The Labute approximate surface area is 225 Å². The van der Waals surface area contributed by atoms with Crippen LogP contribution in [-0.4, -0.2) is 18.7 Å². The quantitative estimate of drug-likeness (QED) is 0.318. The number of rotatable bonds is 6. The van der Waals surface area contributed by atoms with Crippen LogP contribution >= 0.6 is 15.6 Å². The molecule has 10 nitrogen and oxygen atoms in total. The molecule has 0 aromatic carbocycles. The first-order valence-corrected chi connectivity index (χ1v) is 6.01. The number of hydrogen-bond donors (Lipinski definition) is 0. The van der Waals surface area contributed by atoms with Crippen LogP contribution < -0.4 is 172 Å². The Kier molecular flexibility index (Phi) is 36.7. The summed E-state index contributed by atoms with van der Waals surface area (Å²) in [7, 11) is -11.1. The van der Waals surface area contributed by atoms with E-state index in [-0.39, 0.29) is 148 Å². The normalized spacial score (nSPS) is 11.2. The first kappa shape index (κ1) is 39.7. The maximum Gasteiger partial charge on any atom is 1.00 e. The van der Waals surface area contributed by atoms with E-state index in [9.17, 15) is 38.6 Å². The van der Waals surface area contributed by atoms with Gasteiger partial charge in [-0.05, 0) is 0 Å². The van der Waals surface area contributed by atoms with E-state index >= 15 is 0 Å². The molecule has 90 valence electrons. The van der Waals surface area contributed by atoms with Gasteiger partial charge in [0.15, 0.2) is 0 Å². The molecule has 0 heterocycles. The maximum atomic E-state index is 10.1. The number of carboxylic acids is 1. The summed E-state index contributed by atoms with van der Waals surface area (Å²) >= 11 is 0. The Morgan fingerprint density at radius 2 is 1.25 bits per heavy atom. The van der Waals surface area contributed by atoms with E-state index in [0.29, 0.717) is 0 Å². The summed E-state index contributed by atoms with van der Waals surface area (Å²) in [6.07, 6.45) is -2.48. The molecule has 0 rings (SSSR count). The summed E-state index contributed by atoms with van der Waals surface area (Å²) in [5.74, 6) is -2.21. The molecule has 0 bridgehead atoms. The zero-order valence-corrected chi connectivity index (χ0v) is 23.6. The van der Waals surface area contributed by atoms with E-state index in [4.69, 9.17) is 0 Å². The van der Waals surface area contributed by atoms with Crippen molar-refractivity contribution < 1.29 is 195 Å². The molecular weight excluding hydrogens is 373 g/mol. The minimum Gasteiger partial charge on any atom is -0.790 e. The topological polar surface area (TPSA) is 185 Å². The van der Waals surface area contributed by atoms with Gasteiger partial charge in [0.25, 0.3) is 0 Å². The molecule has 0 aromatic heterocycles. The van der Waals surface area contributed by atoms with Crippen LogP contribution in [0.25, 0.3) is 0 Å². The van der Waals surface area contributed by atoms with Crippen LogP contribution in [-0.2, 0) is 23.0 Å². The van der Waals surface area contributed by atoms with Crippen molar-refractivity contribution in [3.63, 3.8) is 0 Å². The van der Waals surface area contributed by atoms with Gasteiger partial charge < -0.3 is 47.7 Å². The third-order valence-electron chi connectivity index (χ3n) is 0.903. The third kappa shape index (κ3) is 27.5. The molecule has 17 heteroatoms. The molecule has 0 saturated carbocycles. The van der Waals surface area contributed by atoms with Gasteiger partial charge in [0.1, 0.15) is 6.10 Å². The monoisotopic (exact) mass is 376 g/mol. The van der Waals surface area contributed by atoms with Gasteiger partial charge in [0.05, 0.1) is 28.2 Å². The van der Waals surface area contributed by atoms with Crippen molar-refractivity contribution in [2.24, 2.45) is 0 Å². The molecule has 0 radical (unpaired) electrons. The summed E-state index contributed by atoms with van der Waals surface area (Å²) in [5.41, 5.74) is 0. The van der Waals surface area contributed by atoms with Crippen molar-refractivity contribution in [3.05, 3.63) is 0 Å². The third-order valence-corrected chi connectivity index (χ3v) is 1.88. The summed E-state index contributed by atoms with van der Waals surface area (Å²) in [6.45, 7) is -1.46. The van der Waals surface area contributed by atoms with Crippen LogP contribution in [0.1, 0.15) is 0 Å². The SMILES string of the molecule is O=C([O-])C(COP(=O)([O-])[O-])OP(=O)([O-])[O-].[Na+].[Na+].[Na+].[Na+].[Na+]. The van der Waals surface area contributed by atoms with Crippen molar-refractivity contribution in [3.8, 4) is 0 Å². The van der Waals surface area contributed by atoms with E-state index in [2.05, 4.69) is 9.05 Å². The molecule has 0 aliphatic carbocycles. The molecule has 0 aromatic rings. The van der Waals surface area contributed by atoms with Gasteiger partial charge in [-0.15, -0.1) is 0 Å². The van der Waals surface area contributed by atoms with Crippen molar-refractivity contribution in [2.45, 2.75) is 6.10 Å². The number of hydrogen-bond acceptors (Lipinski definition) is 10. The van der Waals surface area contributed by atoms with E-state index in [0.717, 1.165) is 0 Å². The number of aliphatic carboxylic acids is 1. The molecule has 0 aliphatic rings. The second-order valence-electron chi connectivity index (χ2n) is 2.10. The van der Waals surface area contributed by atoms with Gasteiger partial charge in [0.2, 0.25) is 0 Å². The maximum absolute atomic E-state index is 10.1. The molecule has 0 N–H and O–H groups in total. The van der Waals surface area contributed by atoms with Crippen molar-refractivity contribution in [1.29, 1.82) is 0 Å². The number of carbonyl (C=O) groups is 1. The number of carbonyl (C=O) groups excluding carboxylic acids is 1. The van der Waals surface area contributed by atoms with Crippen LogP contribution in [0.4, 0.5) is 0 Å². The molecule has 0 saturated heterocycles. The molecule has 1 atom stereocenters. The zero-order chi connectivity index (χ0) is 12.3. The van der Waals surface area contributed by atoms with E-state index < -0.39 is 34.3 Å². The first-order chi connectivity index (χ1) is 6.51. The fourth-order valence-corrected chi connectivity index (χ4v) is 1.23. The average Bonchev–Trinajstić information content (AvgIpc) is 1.93. The molecule has 0 amide bonds. The first-order valence-electron chi connectivity index (χ1n) is 3.09. The molecule has 1 unspecified atom stereocenters. The van der Waals surface area contributed by atoms with Gasteiger partial charge >= 0.3 is 148 Å². The van der Waals surface area contributed by atoms with E-state index in [1.807, 2.05) is 0 Å². The fraction of sp³-hybridized carbons (Fsp3) is 0.667. The zero-order valence-electron chi connectivity index (χ0n) is 11.8. The van der Waals surface area contributed by atoms with Crippen LogP contribution in [0.5, 0.6) is 0 Å². The smallest absolute Gasteiger partial charge is 0.790 e. The number of carboxylic acid groups (broad SMARTS) is 1. The second kappa shape index (κ2) is 18.5. The van der Waals surface area contributed by atoms with Crippen molar-refractivity contribution in [2.75, 3.05) is 6.61 Å². The Hall–Kier alpha value is 4.69. The largest absolute Gasteiger partial charge is 1.00 e. The predicted molar refractivity (Wildman–Crippen MR) is 31.0 cm³/mol. The molecule has 0 spiro atoms. The van der Waals surface area contributed by atoms with Gasteiger partial charge in [-0.25, -0.2) is 0 Å². The van der Waals surface area contributed by atoms with Gasteiger partial charge in [-0.3, -0.25) is 0 Å². The molecule has 20 heavy (non-hydrogen) atoms. The second-order valence-corrected chi connectivity index (χ2v) is 4.36. The van der Waals surface area contributed by atoms with E-state index in [1.165, 1.54) is 0 Å². The molecule has 0 aliphatic heterocycles. The number of phosphoric ester groups is 2. The summed E-state index contributed by atoms with van der Waals surface area (Å²) in [4.78, 5) is 49.7. The Bertz CT molecular complexity index is 327. The molecule has 0 fully saturated rings. The summed E-state index contributed by atoms with van der Waals surface area (Å²) < 4.78 is 26.6. The predicted octanol–water partition coefficient (Wildman–Crippen LogP) is -20.2. The van der Waals surface area contributed by atoms with Crippen molar-refractivity contribution in [1.82, 2.24) is 0 Å². The minimum absolute atomic E-state index is 0. The number of phosphoric acid groups is 2. The van der Waals surface area contributed by atoms with Gasteiger partial charge in [0, 0.05) is 0 Å². The summed E-state index contributed by atoms with van der Waals surface area (Å²) in [5, 5.41) is 10.1. The van der Waals surface area contributed by atoms with Gasteiger partial charge in [-0.2, -0.15) is 0 Å².